The van der Waals surface area contributed by atoms with Crippen LogP contribution in [-0.4, -0.2) is 0 Å². The first kappa shape index (κ1) is 60.6. The maximum atomic E-state index is 3.36. The molecule has 0 aromatic rings. The van der Waals surface area contributed by atoms with Crippen molar-refractivity contribution in [2.45, 2.75) is 63.8 Å². The van der Waals surface area contributed by atoms with E-state index in [0.29, 0.717) is 0 Å². The van der Waals surface area contributed by atoms with E-state index in [1.165, 1.54) is 0 Å². The first-order chi connectivity index (χ1) is 8.49. The van der Waals surface area contributed by atoms with Crippen molar-refractivity contribution in [3.63, 3.8) is 0 Å². The van der Waals surface area contributed by atoms with Gasteiger partial charge < -0.3 is 0 Å². The number of rotatable bonds is 0. The van der Waals surface area contributed by atoms with Crippen molar-refractivity contribution in [1.29, 1.82) is 0 Å². The lowest BCUT2D eigenvalue weighted by atomic mass is 10.8. The molecule has 0 N–H and O–H groups in total. The molecule has 0 heterocycles. The number of allylic oxidation sites excluding steroid dienone is 6. The molecule has 132 valence electrons. The second-order valence-corrected chi connectivity index (χ2v) is 2.45. The van der Waals surface area contributed by atoms with Gasteiger partial charge in [0.05, 0.1) is 0 Å². The highest BCUT2D eigenvalue weighted by Crippen LogP contribution is 1.39. The molecule has 0 atom stereocenters. The van der Waals surface area contributed by atoms with Gasteiger partial charge in [0.1, 0.15) is 0 Å². The van der Waals surface area contributed by atoms with Crippen molar-refractivity contribution in [2.75, 3.05) is 0 Å². The highest BCUT2D eigenvalue weighted by atomic mass is 13.3. The molecule has 0 heteroatoms. The zero-order valence-electron chi connectivity index (χ0n) is 13.7. The Hall–Kier alpha value is -1.56. The Morgan fingerprint density at radius 3 is 0.333 bits per heavy atom. The molecule has 0 unspecified atom stereocenters. The standard InChI is InChI=1S/6C3H6.3CH4/c6*1-3-2;;;/h6*3H,1H2,2H3;3*1H4. The second-order valence-electron chi connectivity index (χ2n) is 2.45. The van der Waals surface area contributed by atoms with Crippen molar-refractivity contribution in [2.24, 2.45) is 0 Å². The summed E-state index contributed by atoms with van der Waals surface area (Å²) in [6.07, 6.45) is 10.5. The first-order valence-electron chi connectivity index (χ1n) is 5.91. The van der Waals surface area contributed by atoms with Gasteiger partial charge in [-0.15, -0.1) is 39.5 Å². The minimum absolute atomic E-state index is 0. The summed E-state index contributed by atoms with van der Waals surface area (Å²) in [5, 5.41) is 0. The van der Waals surface area contributed by atoms with Crippen LogP contribution >= 0.6 is 0 Å². The van der Waals surface area contributed by atoms with Gasteiger partial charge in [0.25, 0.3) is 0 Å². The Balaban J connectivity index is -0.0000000114. The lowest BCUT2D eigenvalue weighted by molar-refractivity contribution is 1.80. The zero-order chi connectivity index (χ0) is 16.2. The highest BCUT2D eigenvalue weighted by molar-refractivity contribution is 4.53. The lowest BCUT2D eigenvalue weighted by Crippen LogP contribution is -1.07. The van der Waals surface area contributed by atoms with Crippen LogP contribution in [0.4, 0.5) is 0 Å². The number of hydrogen-bond acceptors (Lipinski definition) is 0. The minimum Gasteiger partial charge on any atom is -0.103 e. The van der Waals surface area contributed by atoms with Crippen LogP contribution < -0.4 is 0 Å². The van der Waals surface area contributed by atoms with Gasteiger partial charge in [-0.1, -0.05) is 58.7 Å². The molecule has 0 aliphatic carbocycles. The van der Waals surface area contributed by atoms with E-state index in [0.717, 1.165) is 0 Å². The molecule has 0 nitrogen and oxygen atoms in total. The van der Waals surface area contributed by atoms with E-state index >= 15 is 0 Å². The van der Waals surface area contributed by atoms with Gasteiger partial charge in [-0.05, 0) is 41.5 Å². The zero-order valence-corrected chi connectivity index (χ0v) is 13.7. The van der Waals surface area contributed by atoms with Crippen LogP contribution in [0.2, 0.25) is 0 Å². The Morgan fingerprint density at radius 1 is 0.333 bits per heavy atom. The van der Waals surface area contributed by atoms with E-state index in [1.54, 1.807) is 36.5 Å². The van der Waals surface area contributed by atoms with Gasteiger partial charge in [0, 0.05) is 0 Å². The molecule has 0 amide bonds. The van der Waals surface area contributed by atoms with Gasteiger partial charge in [0.15, 0.2) is 0 Å². The summed E-state index contributed by atoms with van der Waals surface area (Å²) in [5.74, 6) is 0. The van der Waals surface area contributed by atoms with Crippen LogP contribution in [0.15, 0.2) is 75.9 Å². The molecule has 0 aromatic heterocycles. The molecule has 0 spiro atoms. The van der Waals surface area contributed by atoms with E-state index in [-0.39, 0.29) is 22.3 Å². The van der Waals surface area contributed by atoms with E-state index in [4.69, 9.17) is 0 Å². The van der Waals surface area contributed by atoms with Crippen LogP contribution in [0.25, 0.3) is 0 Å². The third-order valence-corrected chi connectivity index (χ3v) is 0. The smallest absolute Gasteiger partial charge is 0.0473 e. The molecule has 0 fully saturated rings. The number of hydrogen-bond donors (Lipinski definition) is 0. The summed E-state index contributed by atoms with van der Waals surface area (Å²) in [7, 11) is 0. The summed E-state index contributed by atoms with van der Waals surface area (Å²) < 4.78 is 0. The van der Waals surface area contributed by atoms with Crippen molar-refractivity contribution in [3.05, 3.63) is 75.9 Å². The Kier molecular flexibility index (Phi) is 822. The van der Waals surface area contributed by atoms with Crippen molar-refractivity contribution < 1.29 is 0 Å². The molecule has 0 aliphatic heterocycles. The van der Waals surface area contributed by atoms with Crippen LogP contribution in [-0.2, 0) is 0 Å². The van der Waals surface area contributed by atoms with Crippen molar-refractivity contribution >= 4 is 0 Å². The van der Waals surface area contributed by atoms with E-state index in [9.17, 15) is 0 Å². The van der Waals surface area contributed by atoms with E-state index in [2.05, 4.69) is 39.5 Å². The third kappa shape index (κ3) is 2050. The van der Waals surface area contributed by atoms with Gasteiger partial charge in [0.2, 0.25) is 0 Å². The van der Waals surface area contributed by atoms with Crippen LogP contribution in [0.5, 0.6) is 0 Å². The molecule has 0 saturated heterocycles. The minimum atomic E-state index is 0. The van der Waals surface area contributed by atoms with Crippen molar-refractivity contribution in [1.82, 2.24) is 0 Å². The molecule has 21 heavy (non-hydrogen) atoms. The maximum Gasteiger partial charge on any atom is -0.0473 e. The first-order valence-corrected chi connectivity index (χ1v) is 5.91. The van der Waals surface area contributed by atoms with Crippen LogP contribution in [0, 0.1) is 0 Å². The molecule has 0 aliphatic rings. The predicted molar refractivity (Wildman–Crippen MR) is 115 cm³/mol. The van der Waals surface area contributed by atoms with Crippen molar-refractivity contribution in [3.8, 4) is 0 Å². The van der Waals surface area contributed by atoms with Gasteiger partial charge in [-0.2, -0.15) is 0 Å². The average Bonchev–Trinajstić information content (AvgIpc) is 2.23. The Morgan fingerprint density at radius 2 is 0.333 bits per heavy atom. The highest BCUT2D eigenvalue weighted by Gasteiger charge is 1.16. The largest absolute Gasteiger partial charge is 0.103 e. The van der Waals surface area contributed by atoms with Gasteiger partial charge in [-0.25, -0.2) is 0 Å². The van der Waals surface area contributed by atoms with Gasteiger partial charge in [-0.3, -0.25) is 0 Å². The normalized spacial score (nSPS) is 3.71. The van der Waals surface area contributed by atoms with E-state index in [1.807, 2.05) is 41.5 Å². The Labute approximate surface area is 140 Å². The summed E-state index contributed by atoms with van der Waals surface area (Å²) in [5.41, 5.74) is 0. The molecule has 0 saturated carbocycles. The molecule has 0 radical (unpaired) electrons. The van der Waals surface area contributed by atoms with Crippen LogP contribution in [0.1, 0.15) is 63.8 Å². The topological polar surface area (TPSA) is 0 Å². The van der Waals surface area contributed by atoms with E-state index < -0.39 is 0 Å². The molecule has 0 rings (SSSR count). The third-order valence-electron chi connectivity index (χ3n) is 0. The monoisotopic (exact) mass is 300 g/mol. The molecular weight excluding hydrogens is 252 g/mol. The van der Waals surface area contributed by atoms with Crippen LogP contribution in [0.3, 0.4) is 0 Å². The maximum absolute atomic E-state index is 3.36. The SMILES string of the molecule is C.C.C.C=CC.C=CC.C=CC.C=CC.C=CC.C=CC. The quantitative estimate of drug-likeness (QED) is 0.391. The Bertz CT molecular complexity index is 91.6. The average molecular weight is 301 g/mol. The fourth-order valence-corrected chi connectivity index (χ4v) is 0. The molecular formula is C21H48. The molecule has 0 bridgehead atoms. The summed E-state index contributed by atoms with van der Waals surface area (Å²) in [4.78, 5) is 0. The molecule has 0 aromatic carbocycles. The fraction of sp³-hybridized carbons (Fsp3) is 0.429. The summed E-state index contributed by atoms with van der Waals surface area (Å²) in [6, 6.07) is 0. The lowest BCUT2D eigenvalue weighted by Gasteiger charge is -1.31. The summed E-state index contributed by atoms with van der Waals surface area (Å²) >= 11 is 0. The summed E-state index contributed by atoms with van der Waals surface area (Å²) in [6.45, 7) is 31.5. The predicted octanol–water partition coefficient (Wildman–Crippen LogP) is 9.06. The van der Waals surface area contributed by atoms with Gasteiger partial charge >= 0.3 is 0 Å². The fourth-order valence-electron chi connectivity index (χ4n) is 0. The second kappa shape index (κ2) is 285.